The van der Waals surface area contributed by atoms with Gasteiger partial charge in [0.15, 0.2) is 17.5 Å². The second kappa shape index (κ2) is 15.7. The summed E-state index contributed by atoms with van der Waals surface area (Å²) in [5.74, 6) is 1.86. The summed E-state index contributed by atoms with van der Waals surface area (Å²) < 4.78 is 0. The summed E-state index contributed by atoms with van der Waals surface area (Å²) in [4.78, 5) is 15.8. The van der Waals surface area contributed by atoms with Crippen molar-refractivity contribution in [3.63, 3.8) is 0 Å². The Kier molecular flexibility index (Phi) is 9.16. The average Bonchev–Trinajstić information content (AvgIpc) is 3.39. The van der Waals surface area contributed by atoms with Crippen molar-refractivity contribution in [2.45, 2.75) is 0 Å². The van der Waals surface area contributed by atoms with Crippen molar-refractivity contribution in [3.05, 3.63) is 237 Å². The molecule has 0 spiro atoms. The number of rotatable bonds is 7. The van der Waals surface area contributed by atoms with Crippen LogP contribution in [0.3, 0.4) is 0 Å². The first-order chi connectivity index (χ1) is 31.7. The standard InChI is InChI=1S/C61H39N3/c1-3-19-40(20-4-1)46-27-7-15-35-54(46)60-62-59(63-61(64-60)55-36-16-8-28-47(55)41-21-5-2-6-22-41)45-26-18-24-43(38-45)42-23-17-25-44(37-42)56-39-57-50-31-10-9-29-48(50)49-30-11-13-33-52(49)58(57)53-34-14-12-32-51(53)56/h1-39H. The Morgan fingerprint density at radius 2 is 0.547 bits per heavy atom. The molecule has 0 N–H and O–H groups in total. The number of benzene rings is 11. The average molecular weight is 814 g/mol. The molecule has 0 aliphatic rings. The maximum Gasteiger partial charge on any atom is 0.164 e. The Balaban J connectivity index is 1.02. The Morgan fingerprint density at radius 3 is 1.11 bits per heavy atom. The van der Waals surface area contributed by atoms with Crippen LogP contribution >= 0.6 is 0 Å². The summed E-state index contributed by atoms with van der Waals surface area (Å²) in [6.45, 7) is 0. The topological polar surface area (TPSA) is 38.7 Å². The minimum Gasteiger partial charge on any atom is -0.208 e. The van der Waals surface area contributed by atoms with Crippen molar-refractivity contribution in [3.8, 4) is 78.7 Å². The normalized spacial score (nSPS) is 11.4. The molecule has 0 bridgehead atoms. The minimum atomic E-state index is 0.614. The first-order valence-electron chi connectivity index (χ1n) is 21.8. The van der Waals surface area contributed by atoms with Crippen molar-refractivity contribution in [1.29, 1.82) is 0 Å². The lowest BCUT2D eigenvalue weighted by molar-refractivity contribution is 1.07. The Hall–Kier alpha value is -8.53. The molecule has 0 saturated carbocycles. The van der Waals surface area contributed by atoms with E-state index < -0.39 is 0 Å². The number of nitrogens with zero attached hydrogens (tertiary/aromatic N) is 3. The second-order valence-corrected chi connectivity index (χ2v) is 16.3. The van der Waals surface area contributed by atoms with Gasteiger partial charge in [-0.15, -0.1) is 0 Å². The smallest absolute Gasteiger partial charge is 0.164 e. The molecule has 0 unspecified atom stereocenters. The monoisotopic (exact) mass is 813 g/mol. The van der Waals surface area contributed by atoms with Crippen LogP contribution < -0.4 is 0 Å². The van der Waals surface area contributed by atoms with Crippen molar-refractivity contribution in [1.82, 2.24) is 15.0 Å². The fourth-order valence-corrected chi connectivity index (χ4v) is 9.55. The number of fused-ring (bicyclic) bond motifs is 8. The Bertz CT molecular complexity index is 3620. The number of aromatic nitrogens is 3. The van der Waals surface area contributed by atoms with Crippen molar-refractivity contribution in [2.75, 3.05) is 0 Å². The van der Waals surface area contributed by atoms with Gasteiger partial charge in [0, 0.05) is 16.7 Å². The maximum absolute atomic E-state index is 5.28. The third kappa shape index (κ3) is 6.50. The zero-order valence-corrected chi connectivity index (χ0v) is 34.9. The molecule has 12 rings (SSSR count). The highest BCUT2D eigenvalue weighted by Gasteiger charge is 2.19. The lowest BCUT2D eigenvalue weighted by atomic mass is 9.87. The zero-order chi connectivity index (χ0) is 42.4. The molecule has 64 heavy (non-hydrogen) atoms. The van der Waals surface area contributed by atoms with Crippen molar-refractivity contribution >= 4 is 43.1 Å². The fraction of sp³-hybridized carbons (Fsp3) is 0. The van der Waals surface area contributed by atoms with E-state index in [9.17, 15) is 0 Å². The molecule has 0 aliphatic carbocycles. The van der Waals surface area contributed by atoms with Crippen molar-refractivity contribution in [2.24, 2.45) is 0 Å². The summed E-state index contributed by atoms with van der Waals surface area (Å²) in [7, 11) is 0. The van der Waals surface area contributed by atoms with E-state index in [4.69, 9.17) is 15.0 Å². The molecule has 0 amide bonds. The highest BCUT2D eigenvalue weighted by Crippen LogP contribution is 2.43. The van der Waals surface area contributed by atoms with E-state index in [1.807, 2.05) is 12.1 Å². The number of hydrogen-bond acceptors (Lipinski definition) is 3. The Labute approximate surface area is 371 Å². The molecule has 0 aliphatic heterocycles. The molecule has 12 aromatic rings. The van der Waals surface area contributed by atoms with Gasteiger partial charge in [-0.05, 0) is 106 Å². The predicted octanol–water partition coefficient (Wildman–Crippen LogP) is 16.2. The first-order valence-corrected chi connectivity index (χ1v) is 21.8. The molecule has 11 aromatic carbocycles. The molecule has 298 valence electrons. The third-order valence-electron chi connectivity index (χ3n) is 12.5. The van der Waals surface area contributed by atoms with Gasteiger partial charge in [-0.1, -0.05) is 218 Å². The van der Waals surface area contributed by atoms with Gasteiger partial charge in [0.05, 0.1) is 0 Å². The summed E-state index contributed by atoms with van der Waals surface area (Å²) in [6, 6.07) is 84.1. The maximum atomic E-state index is 5.28. The lowest BCUT2D eigenvalue weighted by Crippen LogP contribution is -2.02. The highest BCUT2D eigenvalue weighted by molar-refractivity contribution is 6.33. The number of hydrogen-bond donors (Lipinski definition) is 0. The Morgan fingerprint density at radius 1 is 0.188 bits per heavy atom. The molecule has 0 saturated heterocycles. The molecule has 3 heteroatoms. The predicted molar refractivity (Wildman–Crippen MR) is 268 cm³/mol. The van der Waals surface area contributed by atoms with Gasteiger partial charge in [0.2, 0.25) is 0 Å². The van der Waals surface area contributed by atoms with E-state index in [0.29, 0.717) is 17.5 Å². The van der Waals surface area contributed by atoms with Crippen LogP contribution in [-0.2, 0) is 0 Å². The summed E-state index contributed by atoms with van der Waals surface area (Å²) in [5, 5.41) is 10.2. The molecule has 3 nitrogen and oxygen atoms in total. The van der Waals surface area contributed by atoms with E-state index in [1.165, 1.54) is 48.7 Å². The van der Waals surface area contributed by atoms with Gasteiger partial charge < -0.3 is 0 Å². The van der Waals surface area contributed by atoms with Gasteiger partial charge >= 0.3 is 0 Å². The minimum absolute atomic E-state index is 0.614. The van der Waals surface area contributed by atoms with Gasteiger partial charge in [0.1, 0.15) is 0 Å². The quantitative estimate of drug-likeness (QED) is 0.150. The molecular weight excluding hydrogens is 775 g/mol. The van der Waals surface area contributed by atoms with Crippen LogP contribution in [0.15, 0.2) is 237 Å². The molecular formula is C61H39N3. The molecule has 1 heterocycles. The van der Waals surface area contributed by atoms with Gasteiger partial charge in [-0.2, -0.15) is 0 Å². The van der Waals surface area contributed by atoms with Gasteiger partial charge in [0.25, 0.3) is 0 Å². The van der Waals surface area contributed by atoms with Crippen molar-refractivity contribution < 1.29 is 0 Å². The zero-order valence-electron chi connectivity index (χ0n) is 34.9. The van der Waals surface area contributed by atoms with Crippen LogP contribution in [0, 0.1) is 0 Å². The third-order valence-corrected chi connectivity index (χ3v) is 12.5. The SMILES string of the molecule is c1ccc(-c2ccccc2-c2nc(-c3cccc(-c4cccc(-c5cc6c7ccccc7c7ccccc7c6c6ccccc56)c4)c3)nc(-c3ccccc3-c3ccccc3)n2)cc1. The summed E-state index contributed by atoms with van der Waals surface area (Å²) in [5.41, 5.74) is 11.7. The van der Waals surface area contributed by atoms with E-state index >= 15 is 0 Å². The van der Waals surface area contributed by atoms with Crippen LogP contribution in [0.4, 0.5) is 0 Å². The molecule has 0 atom stereocenters. The van der Waals surface area contributed by atoms with Crippen LogP contribution in [0.2, 0.25) is 0 Å². The van der Waals surface area contributed by atoms with Crippen LogP contribution in [-0.4, -0.2) is 15.0 Å². The molecule has 0 fully saturated rings. The first kappa shape index (κ1) is 37.2. The van der Waals surface area contributed by atoms with Gasteiger partial charge in [-0.25, -0.2) is 15.0 Å². The second-order valence-electron chi connectivity index (χ2n) is 16.3. The summed E-state index contributed by atoms with van der Waals surface area (Å²) in [6.07, 6.45) is 0. The van der Waals surface area contributed by atoms with E-state index in [2.05, 4.69) is 224 Å². The van der Waals surface area contributed by atoms with E-state index in [1.54, 1.807) is 0 Å². The molecule has 0 radical (unpaired) electrons. The van der Waals surface area contributed by atoms with Gasteiger partial charge in [-0.3, -0.25) is 0 Å². The largest absolute Gasteiger partial charge is 0.208 e. The van der Waals surface area contributed by atoms with Crippen LogP contribution in [0.5, 0.6) is 0 Å². The lowest BCUT2D eigenvalue weighted by Gasteiger charge is -2.16. The van der Waals surface area contributed by atoms with E-state index in [0.717, 1.165) is 55.6 Å². The highest BCUT2D eigenvalue weighted by atomic mass is 15.0. The van der Waals surface area contributed by atoms with Crippen LogP contribution in [0.25, 0.3) is 122 Å². The van der Waals surface area contributed by atoms with Crippen LogP contribution in [0.1, 0.15) is 0 Å². The summed E-state index contributed by atoms with van der Waals surface area (Å²) >= 11 is 0. The fourth-order valence-electron chi connectivity index (χ4n) is 9.55. The van der Waals surface area contributed by atoms with E-state index in [-0.39, 0.29) is 0 Å². The molecule has 1 aromatic heterocycles.